The van der Waals surface area contributed by atoms with Crippen LogP contribution in [0.2, 0.25) is 5.02 Å². The largest absolute Gasteiger partial charge is 0.430 e. The lowest BCUT2D eigenvalue weighted by molar-refractivity contribution is -0.0521. The molecule has 0 fully saturated rings. The summed E-state index contributed by atoms with van der Waals surface area (Å²) >= 11 is 5.43. The Hall–Kier alpha value is -1.23. The molecule has 1 aromatic rings. The lowest BCUT2D eigenvalue weighted by Crippen LogP contribution is -2.05. The first-order valence-corrected chi connectivity index (χ1v) is 3.82. The molecule has 0 aromatic heterocycles. The van der Waals surface area contributed by atoms with E-state index in [1.807, 2.05) is 0 Å². The van der Waals surface area contributed by atoms with Gasteiger partial charge in [-0.2, -0.15) is 8.78 Å². The van der Waals surface area contributed by atoms with Gasteiger partial charge in [-0.1, -0.05) is 11.6 Å². The molecule has 0 heterocycles. The summed E-state index contributed by atoms with van der Waals surface area (Å²) in [5.74, 6) is -1.85. The maximum absolute atomic E-state index is 12.9. The van der Waals surface area contributed by atoms with Crippen LogP contribution in [0.25, 0.3) is 0 Å². The fourth-order valence-electron chi connectivity index (χ4n) is 0.836. The van der Waals surface area contributed by atoms with Crippen LogP contribution in [-0.2, 0) is 0 Å². The van der Waals surface area contributed by atoms with E-state index in [1.165, 1.54) is 0 Å². The molecule has 0 spiro atoms. The van der Waals surface area contributed by atoms with Crippen molar-refractivity contribution in [2.45, 2.75) is 6.61 Å². The highest BCUT2D eigenvalue weighted by atomic mass is 35.5. The van der Waals surface area contributed by atoms with Gasteiger partial charge < -0.3 is 4.74 Å². The minimum Gasteiger partial charge on any atom is -0.430 e. The van der Waals surface area contributed by atoms with Crippen molar-refractivity contribution in [3.05, 3.63) is 28.5 Å². The number of carbonyl (C=O) groups excluding carboxylic acids is 1. The zero-order valence-corrected chi connectivity index (χ0v) is 7.39. The highest BCUT2D eigenvalue weighted by Gasteiger charge is 2.16. The van der Waals surface area contributed by atoms with E-state index < -0.39 is 23.2 Å². The minimum absolute atomic E-state index is 0.108. The molecule has 0 saturated carbocycles. The second-order valence-corrected chi connectivity index (χ2v) is 2.65. The average Bonchev–Trinajstić information content (AvgIpc) is 2.12. The number of aldehydes is 1. The Morgan fingerprint density at radius 1 is 1.43 bits per heavy atom. The molecule has 76 valence electrons. The van der Waals surface area contributed by atoms with Crippen molar-refractivity contribution in [3.8, 4) is 5.75 Å². The maximum atomic E-state index is 12.9. The van der Waals surface area contributed by atoms with E-state index in [9.17, 15) is 18.0 Å². The summed E-state index contributed by atoms with van der Waals surface area (Å²) in [6.45, 7) is -3.19. The number of alkyl halides is 2. The van der Waals surface area contributed by atoms with E-state index in [-0.39, 0.29) is 5.56 Å². The van der Waals surface area contributed by atoms with Gasteiger partial charge in [0.25, 0.3) is 0 Å². The Morgan fingerprint density at radius 2 is 2.07 bits per heavy atom. The lowest BCUT2D eigenvalue weighted by Gasteiger charge is -2.08. The monoisotopic (exact) mass is 224 g/mol. The molecule has 0 aliphatic heterocycles. The average molecular weight is 225 g/mol. The van der Waals surface area contributed by atoms with Gasteiger partial charge in [-0.3, -0.25) is 4.79 Å². The summed E-state index contributed by atoms with van der Waals surface area (Å²) in [5.41, 5.74) is -0.108. The lowest BCUT2D eigenvalue weighted by atomic mass is 10.2. The molecule has 1 rings (SSSR count). The van der Waals surface area contributed by atoms with Crippen molar-refractivity contribution >= 4 is 17.9 Å². The second-order valence-electron chi connectivity index (χ2n) is 2.28. The Balaban J connectivity index is 3.18. The van der Waals surface area contributed by atoms with Crippen LogP contribution in [0.5, 0.6) is 5.75 Å². The smallest absolute Gasteiger partial charge is 0.387 e. The van der Waals surface area contributed by atoms with Crippen LogP contribution < -0.4 is 4.74 Å². The van der Waals surface area contributed by atoms with Gasteiger partial charge in [-0.25, -0.2) is 4.39 Å². The molecule has 0 saturated heterocycles. The second kappa shape index (κ2) is 4.32. The third kappa shape index (κ3) is 2.17. The normalized spacial score (nSPS) is 10.4. The first-order chi connectivity index (χ1) is 6.56. The van der Waals surface area contributed by atoms with Crippen molar-refractivity contribution in [2.75, 3.05) is 0 Å². The van der Waals surface area contributed by atoms with Crippen LogP contribution in [0.1, 0.15) is 10.4 Å². The third-order valence-electron chi connectivity index (χ3n) is 1.41. The molecule has 0 unspecified atom stereocenters. The number of hydrogen-bond acceptors (Lipinski definition) is 2. The molecule has 0 atom stereocenters. The quantitative estimate of drug-likeness (QED) is 0.738. The van der Waals surface area contributed by atoms with E-state index in [4.69, 9.17) is 11.6 Å². The number of hydrogen-bond donors (Lipinski definition) is 0. The Kier molecular flexibility index (Phi) is 3.35. The molecule has 0 radical (unpaired) electrons. The number of benzene rings is 1. The van der Waals surface area contributed by atoms with Gasteiger partial charge in [-0.15, -0.1) is 0 Å². The summed E-state index contributed by atoms with van der Waals surface area (Å²) in [6, 6.07) is 1.90. The van der Waals surface area contributed by atoms with Gasteiger partial charge in [0, 0.05) is 5.56 Å². The van der Waals surface area contributed by atoms with Gasteiger partial charge in [0.1, 0.15) is 0 Å². The molecule has 2 nitrogen and oxygen atoms in total. The molecular formula is C8H4ClF3O2. The van der Waals surface area contributed by atoms with Crippen molar-refractivity contribution in [2.24, 2.45) is 0 Å². The number of halogens is 4. The van der Waals surface area contributed by atoms with E-state index in [2.05, 4.69) is 4.74 Å². The van der Waals surface area contributed by atoms with Crippen molar-refractivity contribution in [3.63, 3.8) is 0 Å². The van der Waals surface area contributed by atoms with Gasteiger partial charge >= 0.3 is 6.61 Å². The van der Waals surface area contributed by atoms with Crippen LogP contribution in [0.3, 0.4) is 0 Å². The Morgan fingerprint density at radius 3 is 2.57 bits per heavy atom. The summed E-state index contributed by atoms with van der Waals surface area (Å²) < 4.78 is 40.2. The Labute approximate surface area is 82.2 Å². The van der Waals surface area contributed by atoms with E-state index in [0.29, 0.717) is 6.29 Å². The zero-order chi connectivity index (χ0) is 10.7. The van der Waals surface area contributed by atoms with E-state index >= 15 is 0 Å². The fourth-order valence-corrected chi connectivity index (χ4v) is 1.08. The SMILES string of the molecule is O=Cc1ccc(F)c(OC(F)F)c1Cl. The van der Waals surface area contributed by atoms with Crippen molar-refractivity contribution in [1.29, 1.82) is 0 Å². The zero-order valence-electron chi connectivity index (χ0n) is 6.64. The predicted molar refractivity (Wildman–Crippen MR) is 43.4 cm³/mol. The van der Waals surface area contributed by atoms with Crippen molar-refractivity contribution < 1.29 is 22.7 Å². The maximum Gasteiger partial charge on any atom is 0.387 e. The number of carbonyl (C=O) groups is 1. The summed E-state index contributed by atoms with van der Waals surface area (Å²) in [5, 5.41) is -0.458. The topological polar surface area (TPSA) is 26.3 Å². The van der Waals surface area contributed by atoms with Gasteiger partial charge in [-0.05, 0) is 12.1 Å². The number of rotatable bonds is 3. The van der Waals surface area contributed by atoms with Gasteiger partial charge in [0.15, 0.2) is 17.9 Å². The molecule has 6 heteroatoms. The highest BCUT2D eigenvalue weighted by Crippen LogP contribution is 2.31. The molecule has 1 aromatic carbocycles. The van der Waals surface area contributed by atoms with Crippen LogP contribution in [0.15, 0.2) is 12.1 Å². The summed E-state index contributed by atoms with van der Waals surface area (Å²) in [6.07, 6.45) is 0.320. The van der Waals surface area contributed by atoms with E-state index in [0.717, 1.165) is 12.1 Å². The third-order valence-corrected chi connectivity index (χ3v) is 1.80. The molecular weight excluding hydrogens is 221 g/mol. The van der Waals surface area contributed by atoms with Crippen LogP contribution in [0.4, 0.5) is 13.2 Å². The minimum atomic E-state index is -3.19. The molecule has 0 amide bonds. The summed E-state index contributed by atoms with van der Waals surface area (Å²) in [7, 11) is 0. The predicted octanol–water partition coefficient (Wildman–Crippen LogP) is 2.89. The van der Waals surface area contributed by atoms with Crippen LogP contribution in [0, 0.1) is 5.82 Å². The fraction of sp³-hybridized carbons (Fsp3) is 0.125. The first-order valence-electron chi connectivity index (χ1n) is 3.44. The van der Waals surface area contributed by atoms with Gasteiger partial charge in [0.2, 0.25) is 0 Å². The molecule has 0 N–H and O–H groups in total. The number of ether oxygens (including phenoxy) is 1. The van der Waals surface area contributed by atoms with Gasteiger partial charge in [0.05, 0.1) is 5.02 Å². The van der Waals surface area contributed by atoms with Crippen LogP contribution in [-0.4, -0.2) is 12.9 Å². The molecule has 0 aliphatic carbocycles. The molecule has 0 bridgehead atoms. The Bertz CT molecular complexity index is 355. The first kappa shape index (κ1) is 10.8. The molecule has 14 heavy (non-hydrogen) atoms. The standard InChI is InChI=1S/C8H4ClF3O2/c9-6-4(3-13)1-2-5(10)7(6)14-8(11)12/h1-3,8H. The highest BCUT2D eigenvalue weighted by molar-refractivity contribution is 6.34. The van der Waals surface area contributed by atoms with Crippen LogP contribution >= 0.6 is 11.6 Å². The molecule has 0 aliphatic rings. The van der Waals surface area contributed by atoms with E-state index in [1.54, 1.807) is 0 Å². The summed E-state index contributed by atoms with van der Waals surface area (Å²) in [4.78, 5) is 10.3. The van der Waals surface area contributed by atoms with Crippen molar-refractivity contribution in [1.82, 2.24) is 0 Å².